The van der Waals surface area contributed by atoms with Crippen molar-refractivity contribution in [2.24, 2.45) is 0 Å². The van der Waals surface area contributed by atoms with Crippen LogP contribution in [0.2, 0.25) is 5.02 Å². The van der Waals surface area contributed by atoms with E-state index in [1.165, 1.54) is 6.07 Å². The van der Waals surface area contributed by atoms with Crippen LogP contribution in [0.5, 0.6) is 0 Å². The fraction of sp³-hybridized carbons (Fsp3) is 0.150. The van der Waals surface area contributed by atoms with E-state index in [9.17, 15) is 9.59 Å². The summed E-state index contributed by atoms with van der Waals surface area (Å²) in [5.74, 6) is 0.124. The molecule has 0 saturated heterocycles. The number of nitrogen functional groups attached to an aromatic ring is 1. The van der Waals surface area contributed by atoms with Gasteiger partial charge in [-0.15, -0.1) is 0 Å². The molecule has 1 amide bonds. The van der Waals surface area contributed by atoms with E-state index in [2.05, 4.69) is 10.3 Å². The monoisotopic (exact) mass is 414 g/mol. The van der Waals surface area contributed by atoms with Gasteiger partial charge >= 0.3 is 0 Å². The topological polar surface area (TPSA) is 90.0 Å². The minimum atomic E-state index is -0.458. The van der Waals surface area contributed by atoms with Gasteiger partial charge in [0.15, 0.2) is 5.16 Å². The first-order valence-electron chi connectivity index (χ1n) is 8.49. The van der Waals surface area contributed by atoms with Crippen LogP contribution in [0.4, 0.5) is 11.5 Å². The van der Waals surface area contributed by atoms with Crippen molar-refractivity contribution in [1.29, 1.82) is 0 Å². The number of anilines is 2. The van der Waals surface area contributed by atoms with Crippen LogP contribution in [0.25, 0.3) is 5.69 Å². The molecule has 0 aliphatic heterocycles. The minimum absolute atomic E-state index is 0.0806. The van der Waals surface area contributed by atoms with Gasteiger partial charge in [0.2, 0.25) is 5.91 Å². The maximum Gasteiger partial charge on any atom is 0.275 e. The number of aromatic nitrogens is 2. The molecule has 144 valence electrons. The lowest BCUT2D eigenvalue weighted by Crippen LogP contribution is -2.19. The Balaban J connectivity index is 1.83. The highest BCUT2D eigenvalue weighted by molar-refractivity contribution is 7.99. The number of para-hydroxylation sites is 1. The second-order valence-corrected chi connectivity index (χ2v) is 7.60. The average molecular weight is 415 g/mol. The van der Waals surface area contributed by atoms with Crippen molar-refractivity contribution in [2.75, 3.05) is 16.8 Å². The number of carbonyl (C=O) groups is 1. The number of benzene rings is 2. The Morgan fingerprint density at radius 3 is 2.46 bits per heavy atom. The second-order valence-electron chi connectivity index (χ2n) is 6.22. The Hall–Kier alpha value is -2.77. The molecule has 1 heterocycles. The van der Waals surface area contributed by atoms with E-state index in [1.807, 2.05) is 32.0 Å². The molecule has 0 radical (unpaired) electrons. The van der Waals surface area contributed by atoms with Gasteiger partial charge < -0.3 is 11.1 Å². The van der Waals surface area contributed by atoms with Gasteiger partial charge in [-0.1, -0.05) is 41.6 Å². The van der Waals surface area contributed by atoms with Gasteiger partial charge in [0.05, 0.1) is 5.75 Å². The number of nitrogens with one attached hydrogen (secondary N) is 1. The van der Waals surface area contributed by atoms with Gasteiger partial charge in [0.1, 0.15) is 5.82 Å². The van der Waals surface area contributed by atoms with Gasteiger partial charge in [-0.05, 0) is 49.2 Å². The molecule has 0 fully saturated rings. The summed E-state index contributed by atoms with van der Waals surface area (Å²) >= 11 is 7.09. The van der Waals surface area contributed by atoms with Gasteiger partial charge in [0.25, 0.3) is 5.56 Å². The number of halogens is 1. The van der Waals surface area contributed by atoms with Crippen LogP contribution in [-0.2, 0) is 4.79 Å². The molecule has 0 aliphatic rings. The highest BCUT2D eigenvalue weighted by Crippen LogP contribution is 2.24. The lowest BCUT2D eigenvalue weighted by molar-refractivity contribution is -0.113. The van der Waals surface area contributed by atoms with Crippen LogP contribution < -0.4 is 16.6 Å². The van der Waals surface area contributed by atoms with Gasteiger partial charge in [0, 0.05) is 22.5 Å². The molecule has 0 bridgehead atoms. The summed E-state index contributed by atoms with van der Waals surface area (Å²) in [5, 5.41) is 3.84. The molecular formula is C20H19ClN4O2S. The zero-order valence-corrected chi connectivity index (χ0v) is 17.0. The first-order valence-corrected chi connectivity index (χ1v) is 9.86. The normalized spacial score (nSPS) is 10.7. The molecule has 3 rings (SSSR count). The van der Waals surface area contributed by atoms with E-state index >= 15 is 0 Å². The van der Waals surface area contributed by atoms with Crippen LogP contribution in [0.3, 0.4) is 0 Å². The van der Waals surface area contributed by atoms with Gasteiger partial charge in [-0.2, -0.15) is 4.98 Å². The number of nitrogens with two attached hydrogens (primary N) is 1. The summed E-state index contributed by atoms with van der Waals surface area (Å²) in [6, 6.07) is 14.0. The molecule has 2 aromatic carbocycles. The molecule has 3 N–H and O–H groups in total. The predicted octanol–water partition coefficient (Wildman–Crippen LogP) is 3.82. The molecule has 0 unspecified atom stereocenters. The zero-order valence-electron chi connectivity index (χ0n) is 15.4. The second kappa shape index (κ2) is 8.50. The van der Waals surface area contributed by atoms with Crippen LogP contribution in [-0.4, -0.2) is 21.2 Å². The molecule has 0 atom stereocenters. The quantitative estimate of drug-likeness (QED) is 0.489. The van der Waals surface area contributed by atoms with Crippen LogP contribution in [0.15, 0.2) is 58.5 Å². The van der Waals surface area contributed by atoms with E-state index in [0.717, 1.165) is 28.6 Å². The third-order valence-corrected chi connectivity index (χ3v) is 5.28. The SMILES string of the molecule is Cc1cccc(C)c1NC(=O)CSc1nc(=O)cc(N)n1-c1ccc(Cl)cc1. The predicted molar refractivity (Wildman–Crippen MR) is 115 cm³/mol. The van der Waals surface area contributed by atoms with Crippen molar-refractivity contribution in [2.45, 2.75) is 19.0 Å². The number of carbonyl (C=O) groups excluding carboxylic acids is 1. The Morgan fingerprint density at radius 2 is 1.82 bits per heavy atom. The maximum absolute atomic E-state index is 12.5. The van der Waals surface area contributed by atoms with Gasteiger partial charge in [-0.25, -0.2) is 0 Å². The number of thioether (sulfide) groups is 1. The number of amides is 1. The van der Waals surface area contributed by atoms with E-state index in [-0.39, 0.29) is 17.5 Å². The molecule has 0 spiro atoms. The molecular weight excluding hydrogens is 396 g/mol. The standard InChI is InChI=1S/C20H19ClN4O2S/c1-12-4-3-5-13(2)19(12)23-18(27)11-28-20-24-17(26)10-16(22)25(20)15-8-6-14(21)7-9-15/h3-10H,11,22H2,1-2H3,(H,23,27). The highest BCUT2D eigenvalue weighted by atomic mass is 35.5. The largest absolute Gasteiger partial charge is 0.385 e. The Labute approximate surface area is 171 Å². The zero-order chi connectivity index (χ0) is 20.3. The van der Waals surface area contributed by atoms with E-state index < -0.39 is 5.56 Å². The molecule has 28 heavy (non-hydrogen) atoms. The molecule has 0 saturated carbocycles. The Bertz CT molecular complexity index is 1060. The first kappa shape index (κ1) is 20.0. The number of hydrogen-bond donors (Lipinski definition) is 2. The van der Waals surface area contributed by atoms with Crippen molar-refractivity contribution in [3.8, 4) is 5.69 Å². The van der Waals surface area contributed by atoms with Crippen molar-refractivity contribution >= 4 is 40.8 Å². The first-order chi connectivity index (χ1) is 13.3. The summed E-state index contributed by atoms with van der Waals surface area (Å²) < 4.78 is 1.62. The smallest absolute Gasteiger partial charge is 0.275 e. The number of rotatable bonds is 5. The minimum Gasteiger partial charge on any atom is -0.385 e. The Kier molecular flexibility index (Phi) is 6.06. The molecule has 0 aliphatic carbocycles. The van der Waals surface area contributed by atoms with Crippen LogP contribution >= 0.6 is 23.4 Å². The molecule has 6 nitrogen and oxygen atoms in total. The van der Waals surface area contributed by atoms with E-state index in [1.54, 1.807) is 28.8 Å². The summed E-state index contributed by atoms with van der Waals surface area (Å²) in [6.45, 7) is 3.88. The van der Waals surface area contributed by atoms with Crippen LogP contribution in [0.1, 0.15) is 11.1 Å². The van der Waals surface area contributed by atoms with E-state index in [0.29, 0.717) is 15.9 Å². The Morgan fingerprint density at radius 1 is 1.18 bits per heavy atom. The number of aryl methyl sites for hydroxylation is 2. The lowest BCUT2D eigenvalue weighted by Gasteiger charge is -2.15. The summed E-state index contributed by atoms with van der Waals surface area (Å²) in [7, 11) is 0. The molecule has 1 aromatic heterocycles. The fourth-order valence-electron chi connectivity index (χ4n) is 2.74. The highest BCUT2D eigenvalue weighted by Gasteiger charge is 2.14. The third kappa shape index (κ3) is 4.55. The van der Waals surface area contributed by atoms with E-state index in [4.69, 9.17) is 17.3 Å². The number of nitrogens with zero attached hydrogens (tertiary/aromatic N) is 2. The van der Waals surface area contributed by atoms with Crippen molar-refractivity contribution in [1.82, 2.24) is 9.55 Å². The number of hydrogen-bond acceptors (Lipinski definition) is 5. The van der Waals surface area contributed by atoms with Crippen molar-refractivity contribution in [3.63, 3.8) is 0 Å². The summed E-state index contributed by atoms with van der Waals surface area (Å²) in [6.07, 6.45) is 0. The fourth-order valence-corrected chi connectivity index (χ4v) is 3.69. The molecule has 8 heteroatoms. The maximum atomic E-state index is 12.5. The molecule has 3 aromatic rings. The van der Waals surface area contributed by atoms with Gasteiger partial charge in [-0.3, -0.25) is 14.2 Å². The summed E-state index contributed by atoms with van der Waals surface area (Å²) in [4.78, 5) is 28.3. The average Bonchev–Trinajstić information content (AvgIpc) is 2.64. The van der Waals surface area contributed by atoms with Crippen molar-refractivity contribution < 1.29 is 4.79 Å². The lowest BCUT2D eigenvalue weighted by atomic mass is 10.1. The van der Waals surface area contributed by atoms with Crippen molar-refractivity contribution in [3.05, 3.63) is 75.0 Å². The third-order valence-electron chi connectivity index (χ3n) is 4.09. The summed E-state index contributed by atoms with van der Waals surface area (Å²) in [5.41, 5.74) is 9.05. The van der Waals surface area contributed by atoms with Crippen LogP contribution in [0, 0.1) is 13.8 Å².